The number of aliphatic hydroxyl groups is 1. The van der Waals surface area contributed by atoms with Crippen LogP contribution in [0.3, 0.4) is 0 Å². The maximum absolute atomic E-state index is 12.6. The molecule has 16 heavy (non-hydrogen) atoms. The van der Waals surface area contributed by atoms with Gasteiger partial charge >= 0.3 is 0 Å². The van der Waals surface area contributed by atoms with E-state index >= 15 is 0 Å². The molecule has 0 bridgehead atoms. The van der Waals surface area contributed by atoms with Crippen LogP contribution in [0.4, 0.5) is 0 Å². The van der Waals surface area contributed by atoms with E-state index < -0.39 is 13.5 Å². The van der Waals surface area contributed by atoms with Crippen molar-refractivity contribution in [3.63, 3.8) is 0 Å². The summed E-state index contributed by atoms with van der Waals surface area (Å²) in [6, 6.07) is 0.105. The molecule has 5 nitrogen and oxygen atoms in total. The summed E-state index contributed by atoms with van der Waals surface area (Å²) in [5.74, 6) is 0. The van der Waals surface area contributed by atoms with E-state index in [4.69, 9.17) is 0 Å². The van der Waals surface area contributed by atoms with Gasteiger partial charge in [0, 0.05) is 6.04 Å². The molecule has 0 aromatic heterocycles. The summed E-state index contributed by atoms with van der Waals surface area (Å²) in [6.45, 7) is 0.954. The summed E-state index contributed by atoms with van der Waals surface area (Å²) in [5, 5.41) is 13.3. The molecular formula is C10H24N3O2P. The summed E-state index contributed by atoms with van der Waals surface area (Å²) in [5.41, 5.74) is 0. The molecule has 2 unspecified atom stereocenters. The molecule has 1 fully saturated rings. The first kappa shape index (κ1) is 14.1. The van der Waals surface area contributed by atoms with E-state index in [1.165, 1.54) is 0 Å². The quantitative estimate of drug-likeness (QED) is 0.691. The van der Waals surface area contributed by atoms with Gasteiger partial charge in [0.25, 0.3) is 0 Å². The lowest BCUT2D eigenvalue weighted by Crippen LogP contribution is -2.39. The van der Waals surface area contributed by atoms with Crippen molar-refractivity contribution in [1.29, 1.82) is 0 Å². The lowest BCUT2D eigenvalue weighted by Gasteiger charge is -2.33. The first-order valence-electron chi connectivity index (χ1n) is 5.74. The molecule has 0 radical (unpaired) electrons. The molecule has 0 spiro atoms. The van der Waals surface area contributed by atoms with Crippen molar-refractivity contribution in [3.8, 4) is 0 Å². The van der Waals surface area contributed by atoms with Crippen LogP contribution in [0.15, 0.2) is 0 Å². The summed E-state index contributed by atoms with van der Waals surface area (Å²) in [6.07, 6.45) is 1.86. The van der Waals surface area contributed by atoms with Gasteiger partial charge in [-0.2, -0.15) is 0 Å². The standard InChI is InChI=1S/C10H24N3O2P/c1-12(2)16(15,13(3)4)8-10(14)9-6-5-7-11-9/h9-11,14H,5-8H2,1-4H3. The SMILES string of the molecule is CN(C)P(=O)(CC(O)C1CCCN1)N(C)C. The highest BCUT2D eigenvalue weighted by molar-refractivity contribution is 7.59. The molecule has 0 aromatic rings. The summed E-state index contributed by atoms with van der Waals surface area (Å²) in [7, 11) is 4.61. The Hall–Kier alpha value is 0.0700. The zero-order valence-electron chi connectivity index (χ0n) is 10.7. The van der Waals surface area contributed by atoms with Gasteiger partial charge in [0.05, 0.1) is 12.3 Å². The number of rotatable bonds is 5. The molecule has 1 heterocycles. The van der Waals surface area contributed by atoms with Crippen molar-refractivity contribution in [3.05, 3.63) is 0 Å². The Bertz CT molecular complexity index is 253. The van der Waals surface area contributed by atoms with Gasteiger partial charge in [-0.3, -0.25) is 4.57 Å². The fourth-order valence-electron chi connectivity index (χ4n) is 2.10. The van der Waals surface area contributed by atoms with Crippen molar-refractivity contribution < 1.29 is 9.67 Å². The van der Waals surface area contributed by atoms with Crippen molar-refractivity contribution in [2.45, 2.75) is 25.0 Å². The summed E-state index contributed by atoms with van der Waals surface area (Å²) >= 11 is 0. The first-order chi connectivity index (χ1) is 7.38. The molecule has 2 atom stereocenters. The van der Waals surface area contributed by atoms with Gasteiger partial charge in [-0.05, 0) is 47.6 Å². The minimum absolute atomic E-state index is 0.105. The maximum Gasteiger partial charge on any atom is 0.218 e. The predicted octanol–water partition coefficient (Wildman–Crippen LogP) is 0.416. The molecule has 0 saturated carbocycles. The highest BCUT2D eigenvalue weighted by Gasteiger charge is 2.34. The second-order valence-corrected chi connectivity index (χ2v) is 8.11. The molecule has 0 aliphatic carbocycles. The third-order valence-electron chi connectivity index (χ3n) is 3.24. The number of nitrogens with one attached hydrogen (secondary N) is 1. The number of nitrogens with zero attached hydrogens (tertiary/aromatic N) is 2. The molecule has 1 rings (SSSR count). The zero-order valence-corrected chi connectivity index (χ0v) is 11.6. The smallest absolute Gasteiger partial charge is 0.218 e. The fourth-order valence-corrected chi connectivity index (χ4v) is 4.21. The van der Waals surface area contributed by atoms with Crippen LogP contribution in [0.2, 0.25) is 0 Å². The Morgan fingerprint density at radius 2 is 1.94 bits per heavy atom. The van der Waals surface area contributed by atoms with Gasteiger partial charge in [-0.15, -0.1) is 0 Å². The average molecular weight is 249 g/mol. The third kappa shape index (κ3) is 3.05. The third-order valence-corrected chi connectivity index (χ3v) is 6.59. The maximum atomic E-state index is 12.6. The largest absolute Gasteiger partial charge is 0.391 e. The van der Waals surface area contributed by atoms with Gasteiger partial charge in [0.15, 0.2) is 0 Å². The minimum Gasteiger partial charge on any atom is -0.391 e. The summed E-state index contributed by atoms with van der Waals surface area (Å²) < 4.78 is 16.1. The van der Waals surface area contributed by atoms with Crippen molar-refractivity contribution in [1.82, 2.24) is 14.7 Å². The number of hydrogen-bond donors (Lipinski definition) is 2. The van der Waals surface area contributed by atoms with E-state index in [0.717, 1.165) is 19.4 Å². The van der Waals surface area contributed by atoms with Crippen molar-refractivity contribution in [2.75, 3.05) is 40.9 Å². The highest BCUT2D eigenvalue weighted by Crippen LogP contribution is 2.50. The van der Waals surface area contributed by atoms with E-state index in [1.54, 1.807) is 37.5 Å². The highest BCUT2D eigenvalue weighted by atomic mass is 31.2. The Labute approximate surface area is 98.3 Å². The van der Waals surface area contributed by atoms with Crippen LogP contribution >= 0.6 is 7.44 Å². The van der Waals surface area contributed by atoms with E-state index in [2.05, 4.69) is 5.32 Å². The monoisotopic (exact) mass is 249 g/mol. The molecule has 1 saturated heterocycles. The molecule has 6 heteroatoms. The fraction of sp³-hybridized carbons (Fsp3) is 1.00. The van der Waals surface area contributed by atoms with Crippen LogP contribution in [-0.4, -0.2) is 67.5 Å². The predicted molar refractivity (Wildman–Crippen MR) is 66.9 cm³/mol. The molecule has 96 valence electrons. The van der Waals surface area contributed by atoms with Crippen LogP contribution in [0.5, 0.6) is 0 Å². The molecule has 1 aliphatic heterocycles. The Morgan fingerprint density at radius 3 is 2.31 bits per heavy atom. The second kappa shape index (κ2) is 5.61. The average Bonchev–Trinajstić information content (AvgIpc) is 2.69. The zero-order chi connectivity index (χ0) is 12.3. The Morgan fingerprint density at radius 1 is 1.38 bits per heavy atom. The second-order valence-electron chi connectivity index (χ2n) is 4.81. The van der Waals surface area contributed by atoms with E-state index in [1.807, 2.05) is 0 Å². The van der Waals surface area contributed by atoms with E-state index in [-0.39, 0.29) is 6.04 Å². The molecule has 0 aromatic carbocycles. The number of aliphatic hydroxyl groups excluding tert-OH is 1. The Balaban J connectivity index is 2.64. The minimum atomic E-state index is -2.60. The molecular weight excluding hydrogens is 225 g/mol. The van der Waals surface area contributed by atoms with Gasteiger partial charge in [0.2, 0.25) is 7.44 Å². The molecule has 1 aliphatic rings. The van der Waals surface area contributed by atoms with Gasteiger partial charge in [-0.25, -0.2) is 9.34 Å². The normalized spacial score (nSPS) is 24.3. The lowest BCUT2D eigenvalue weighted by molar-refractivity contribution is 0.153. The van der Waals surface area contributed by atoms with Crippen LogP contribution in [0, 0.1) is 0 Å². The van der Waals surface area contributed by atoms with Crippen LogP contribution in [0.25, 0.3) is 0 Å². The van der Waals surface area contributed by atoms with Crippen molar-refractivity contribution in [2.24, 2.45) is 0 Å². The Kier molecular flexibility index (Phi) is 4.95. The molecule has 0 amide bonds. The van der Waals surface area contributed by atoms with Gasteiger partial charge in [0.1, 0.15) is 0 Å². The first-order valence-corrected chi connectivity index (χ1v) is 7.54. The topological polar surface area (TPSA) is 55.8 Å². The lowest BCUT2D eigenvalue weighted by atomic mass is 10.1. The van der Waals surface area contributed by atoms with Crippen molar-refractivity contribution >= 4 is 7.44 Å². The summed E-state index contributed by atoms with van der Waals surface area (Å²) in [4.78, 5) is 0. The van der Waals surface area contributed by atoms with Gasteiger partial charge < -0.3 is 10.4 Å². The number of hydrogen-bond acceptors (Lipinski definition) is 3. The van der Waals surface area contributed by atoms with Crippen LogP contribution < -0.4 is 5.32 Å². The van der Waals surface area contributed by atoms with E-state index in [0.29, 0.717) is 6.16 Å². The van der Waals surface area contributed by atoms with E-state index in [9.17, 15) is 9.67 Å². The molecule has 2 N–H and O–H groups in total. The van der Waals surface area contributed by atoms with Crippen LogP contribution in [-0.2, 0) is 4.57 Å². The van der Waals surface area contributed by atoms with Crippen LogP contribution in [0.1, 0.15) is 12.8 Å². The van der Waals surface area contributed by atoms with Gasteiger partial charge in [-0.1, -0.05) is 0 Å².